The lowest BCUT2D eigenvalue weighted by atomic mass is 9.49. The average Bonchev–Trinajstić information content (AvgIpc) is 3.61. The summed E-state index contributed by atoms with van der Waals surface area (Å²) >= 11 is 0. The number of anilines is 1. The second-order valence-electron chi connectivity index (χ2n) is 11.0. The first-order valence-electron chi connectivity index (χ1n) is 12.7. The molecule has 4 N–H and O–H groups in total. The zero-order chi connectivity index (χ0) is 24.8. The fraction of sp³-hybridized carbons (Fsp3) is 0.464. The normalized spacial score (nSPS) is 32.1. The second-order valence-corrected chi connectivity index (χ2v) is 11.0. The summed E-state index contributed by atoms with van der Waals surface area (Å²) in [5, 5.41) is 37.6. The van der Waals surface area contributed by atoms with Gasteiger partial charge >= 0.3 is 0 Å². The van der Waals surface area contributed by atoms with E-state index in [0.717, 1.165) is 24.2 Å². The molecule has 4 atom stereocenters. The van der Waals surface area contributed by atoms with Gasteiger partial charge in [0.15, 0.2) is 17.6 Å². The van der Waals surface area contributed by atoms with E-state index in [9.17, 15) is 20.1 Å². The minimum atomic E-state index is -1.32. The molecule has 2 fully saturated rings. The summed E-state index contributed by atoms with van der Waals surface area (Å²) in [5.41, 5.74) is 0.298. The zero-order valence-corrected chi connectivity index (χ0v) is 20.2. The van der Waals surface area contributed by atoms with Crippen LogP contribution < -0.4 is 14.8 Å². The number of methoxy groups -OCH3 is 1. The van der Waals surface area contributed by atoms with Gasteiger partial charge in [-0.1, -0.05) is 6.07 Å². The Labute approximate surface area is 209 Å². The van der Waals surface area contributed by atoms with Crippen molar-refractivity contribution in [2.75, 3.05) is 25.5 Å². The van der Waals surface area contributed by atoms with Gasteiger partial charge in [-0.15, -0.1) is 0 Å². The molecule has 0 unspecified atom stereocenters. The van der Waals surface area contributed by atoms with Crippen molar-refractivity contribution in [3.05, 3.63) is 58.9 Å². The standard InChI is InChI=1S/C28H30N2O6/c1-35-18-7-5-17(6-8-18)29-26(33)19-13-28(34)21-12-16-4-9-20(31)24-22(16)27(28,25(36-24)23(19)32)10-11-30(21)14-15-2-3-15/h4-9,15,21,25,31-32,34H,2-3,10-14H2,1H3,(H,29,33)/t21-,25+,27+,28-/m1/s1. The molecule has 3 aliphatic carbocycles. The van der Waals surface area contributed by atoms with Gasteiger partial charge in [0.2, 0.25) is 0 Å². The monoisotopic (exact) mass is 490 g/mol. The maximum absolute atomic E-state index is 13.5. The number of likely N-dealkylation sites (tertiary alicyclic amines) is 1. The molecule has 1 saturated heterocycles. The van der Waals surface area contributed by atoms with Crippen molar-refractivity contribution in [1.82, 2.24) is 4.90 Å². The molecule has 7 rings (SSSR count). The maximum atomic E-state index is 13.5. The van der Waals surface area contributed by atoms with Gasteiger partial charge in [0, 0.05) is 30.3 Å². The van der Waals surface area contributed by atoms with E-state index in [1.54, 1.807) is 37.4 Å². The van der Waals surface area contributed by atoms with E-state index in [1.165, 1.54) is 12.8 Å². The first-order valence-corrected chi connectivity index (χ1v) is 12.7. The predicted octanol–water partition coefficient (Wildman–Crippen LogP) is 3.03. The molecule has 8 heteroatoms. The van der Waals surface area contributed by atoms with E-state index in [2.05, 4.69) is 10.2 Å². The first-order chi connectivity index (χ1) is 17.4. The van der Waals surface area contributed by atoms with Crippen molar-refractivity contribution >= 4 is 11.6 Å². The van der Waals surface area contributed by atoms with Crippen molar-refractivity contribution in [2.45, 2.75) is 55.3 Å². The molecule has 2 aromatic carbocycles. The van der Waals surface area contributed by atoms with Crippen LogP contribution in [0.15, 0.2) is 47.7 Å². The van der Waals surface area contributed by atoms with Gasteiger partial charge < -0.3 is 30.1 Å². The number of hydrogen-bond acceptors (Lipinski definition) is 7. The molecular weight excluding hydrogens is 460 g/mol. The van der Waals surface area contributed by atoms with Crippen LogP contribution >= 0.6 is 0 Å². The number of benzene rings is 2. The summed E-state index contributed by atoms with van der Waals surface area (Å²) in [5.74, 6) is 1.01. The van der Waals surface area contributed by atoms with Gasteiger partial charge in [0.1, 0.15) is 11.5 Å². The Balaban J connectivity index is 1.33. The van der Waals surface area contributed by atoms with Crippen LogP contribution in [-0.4, -0.2) is 64.1 Å². The van der Waals surface area contributed by atoms with Gasteiger partial charge in [0.25, 0.3) is 5.91 Å². The number of piperidine rings is 1. The maximum Gasteiger partial charge on any atom is 0.255 e. The molecule has 2 heterocycles. The number of ether oxygens (including phenoxy) is 2. The van der Waals surface area contributed by atoms with Crippen molar-refractivity contribution in [2.24, 2.45) is 5.92 Å². The Morgan fingerprint density at radius 2 is 1.97 bits per heavy atom. The third kappa shape index (κ3) is 2.80. The largest absolute Gasteiger partial charge is 0.508 e. The highest BCUT2D eigenvalue weighted by Gasteiger charge is 2.73. The highest BCUT2D eigenvalue weighted by Crippen LogP contribution is 2.66. The number of nitrogens with zero attached hydrogens (tertiary/aromatic N) is 1. The van der Waals surface area contributed by atoms with Crippen LogP contribution in [0.5, 0.6) is 17.2 Å². The third-order valence-electron chi connectivity index (χ3n) is 9.14. The minimum Gasteiger partial charge on any atom is -0.508 e. The minimum absolute atomic E-state index is 0.00392. The lowest BCUT2D eigenvalue weighted by molar-refractivity contribution is -0.172. The van der Waals surface area contributed by atoms with Crippen LogP contribution in [0.2, 0.25) is 0 Å². The Hall–Kier alpha value is -3.23. The van der Waals surface area contributed by atoms with Crippen molar-refractivity contribution in [1.29, 1.82) is 0 Å². The number of rotatable bonds is 5. The van der Waals surface area contributed by atoms with Gasteiger partial charge in [-0.3, -0.25) is 9.69 Å². The van der Waals surface area contributed by atoms with Gasteiger partial charge in [-0.25, -0.2) is 0 Å². The molecule has 0 radical (unpaired) electrons. The summed E-state index contributed by atoms with van der Waals surface area (Å²) in [6, 6.07) is 10.3. The van der Waals surface area contributed by atoms with Gasteiger partial charge in [-0.05, 0) is 74.0 Å². The number of hydrogen-bond donors (Lipinski definition) is 4. The molecule has 36 heavy (non-hydrogen) atoms. The summed E-state index contributed by atoms with van der Waals surface area (Å²) in [4.78, 5) is 15.9. The number of nitrogens with one attached hydrogen (secondary N) is 1. The number of carbonyl (C=O) groups excluding carboxylic acids is 1. The Kier molecular flexibility index (Phi) is 4.52. The van der Waals surface area contributed by atoms with Crippen molar-refractivity contribution < 1.29 is 29.6 Å². The van der Waals surface area contributed by atoms with Crippen LogP contribution in [0.25, 0.3) is 0 Å². The molecule has 1 spiro atoms. The van der Waals surface area contributed by atoms with Crippen molar-refractivity contribution in [3.63, 3.8) is 0 Å². The molecule has 2 aliphatic heterocycles. The van der Waals surface area contributed by atoms with E-state index >= 15 is 0 Å². The fourth-order valence-electron chi connectivity index (χ4n) is 7.25. The molecule has 188 valence electrons. The molecule has 2 aromatic rings. The topological polar surface area (TPSA) is 111 Å². The number of phenolic OH excluding ortho intramolecular Hbond substituents is 1. The van der Waals surface area contributed by atoms with Crippen LogP contribution in [-0.2, 0) is 16.6 Å². The van der Waals surface area contributed by atoms with E-state index in [-0.39, 0.29) is 29.5 Å². The lowest BCUT2D eigenvalue weighted by Gasteiger charge is -2.62. The smallest absolute Gasteiger partial charge is 0.255 e. The van der Waals surface area contributed by atoms with Crippen LogP contribution in [0.4, 0.5) is 5.69 Å². The van der Waals surface area contributed by atoms with Crippen LogP contribution in [0.1, 0.15) is 36.8 Å². The quantitative estimate of drug-likeness (QED) is 0.510. The first kappa shape index (κ1) is 22.0. The highest BCUT2D eigenvalue weighted by atomic mass is 16.5. The molecule has 5 aliphatic rings. The Morgan fingerprint density at radius 1 is 1.19 bits per heavy atom. The summed E-state index contributed by atoms with van der Waals surface area (Å²) < 4.78 is 11.4. The summed E-state index contributed by atoms with van der Waals surface area (Å²) in [6.45, 7) is 1.70. The molecule has 1 amide bonds. The predicted molar refractivity (Wildman–Crippen MR) is 131 cm³/mol. The Bertz CT molecular complexity index is 1300. The van der Waals surface area contributed by atoms with Crippen LogP contribution in [0, 0.1) is 5.92 Å². The van der Waals surface area contributed by atoms with Gasteiger partial charge in [0.05, 0.1) is 23.7 Å². The Morgan fingerprint density at radius 3 is 2.69 bits per heavy atom. The molecular formula is C28H30N2O6. The molecule has 8 nitrogen and oxygen atoms in total. The van der Waals surface area contributed by atoms with Gasteiger partial charge in [-0.2, -0.15) is 0 Å². The highest BCUT2D eigenvalue weighted by molar-refractivity contribution is 6.04. The molecule has 0 aromatic heterocycles. The second kappa shape index (κ2) is 7.40. The van der Waals surface area contributed by atoms with E-state index in [1.807, 2.05) is 6.07 Å². The van der Waals surface area contributed by atoms with E-state index < -0.39 is 23.0 Å². The zero-order valence-electron chi connectivity index (χ0n) is 20.2. The molecule has 1 saturated carbocycles. The number of aromatic hydroxyl groups is 1. The summed E-state index contributed by atoms with van der Waals surface area (Å²) in [7, 11) is 1.57. The van der Waals surface area contributed by atoms with Crippen LogP contribution in [0.3, 0.4) is 0 Å². The summed E-state index contributed by atoms with van der Waals surface area (Å²) in [6.07, 6.45) is 2.70. The SMILES string of the molecule is COc1ccc(NC(=O)C2=C(O)[C@@H]3Oc4c(O)ccc5c4[C@@]34CCN(CC3CC3)[C@H](C5)[C@]4(O)C2)cc1. The fourth-order valence-corrected chi connectivity index (χ4v) is 7.25. The number of carbonyl (C=O) groups is 1. The molecule has 2 bridgehead atoms. The number of aliphatic hydroxyl groups is 2. The van der Waals surface area contributed by atoms with E-state index in [4.69, 9.17) is 9.47 Å². The third-order valence-corrected chi connectivity index (χ3v) is 9.14. The van der Waals surface area contributed by atoms with E-state index in [0.29, 0.717) is 35.9 Å². The number of phenols is 1. The number of amides is 1. The lowest BCUT2D eigenvalue weighted by Crippen LogP contribution is -2.75. The average molecular weight is 491 g/mol. The van der Waals surface area contributed by atoms with Crippen molar-refractivity contribution in [3.8, 4) is 17.2 Å². The number of aliphatic hydroxyl groups excluding tert-OH is 1.